The zero-order valence-electron chi connectivity index (χ0n) is 10.4. The molecular formula is C14H10N6. The minimum Gasteiger partial charge on any atom is -0.383 e. The number of imidazole rings is 1. The van der Waals surface area contributed by atoms with E-state index in [1.165, 1.54) is 0 Å². The summed E-state index contributed by atoms with van der Waals surface area (Å²) in [4.78, 5) is 15.4. The Hall–Kier alpha value is -3.20. The Kier molecular flexibility index (Phi) is 2.86. The normalized spacial score (nSPS) is 11.4. The molecule has 0 aliphatic rings. The molecule has 2 heterocycles. The van der Waals surface area contributed by atoms with Crippen LogP contribution < -0.4 is 5.73 Å². The number of hydrogen-bond acceptors (Lipinski definition) is 4. The van der Waals surface area contributed by atoms with Crippen molar-refractivity contribution >= 4 is 16.9 Å². The molecule has 3 rings (SSSR count). The molecule has 0 saturated carbocycles. The van der Waals surface area contributed by atoms with Gasteiger partial charge in [0.25, 0.3) is 0 Å². The fraction of sp³-hybridized carbons (Fsp3) is 0. The molecule has 3 aromatic rings. The Morgan fingerprint density at radius 1 is 1.30 bits per heavy atom. The van der Waals surface area contributed by atoms with Gasteiger partial charge >= 0.3 is 0 Å². The van der Waals surface area contributed by atoms with Crippen LogP contribution in [0.2, 0.25) is 0 Å². The predicted molar refractivity (Wildman–Crippen MR) is 75.7 cm³/mol. The standard InChI is InChI=1S/C14H10N6/c15-8-18-13(16)9-4-5-10-12(7-9)20-14(19-10)11-3-1-2-6-17-11/h1-7H,(H2,16,18)(H,19,20). The number of aromatic amines is 1. The van der Waals surface area contributed by atoms with E-state index in [0.29, 0.717) is 11.4 Å². The van der Waals surface area contributed by atoms with Crippen LogP contribution in [0.5, 0.6) is 0 Å². The number of amidine groups is 1. The topological polar surface area (TPSA) is 104 Å². The van der Waals surface area contributed by atoms with Crippen LogP contribution in [0.4, 0.5) is 0 Å². The SMILES string of the molecule is N#CN=C(N)c1ccc2nc(-c3ccccn3)[nH]c2c1. The lowest BCUT2D eigenvalue weighted by Gasteiger charge is -1.97. The van der Waals surface area contributed by atoms with Gasteiger partial charge in [-0.05, 0) is 30.3 Å². The first-order valence-electron chi connectivity index (χ1n) is 5.92. The van der Waals surface area contributed by atoms with Gasteiger partial charge in [0.05, 0.1) is 11.0 Å². The van der Waals surface area contributed by atoms with E-state index < -0.39 is 0 Å². The maximum Gasteiger partial charge on any atom is 0.207 e. The second-order valence-corrected chi connectivity index (χ2v) is 4.13. The highest BCUT2D eigenvalue weighted by Gasteiger charge is 2.07. The van der Waals surface area contributed by atoms with Gasteiger partial charge in [-0.1, -0.05) is 6.07 Å². The van der Waals surface area contributed by atoms with Crippen molar-refractivity contribution in [2.45, 2.75) is 0 Å². The van der Waals surface area contributed by atoms with Crippen molar-refractivity contribution in [3.05, 3.63) is 48.2 Å². The van der Waals surface area contributed by atoms with Gasteiger partial charge in [-0.3, -0.25) is 4.98 Å². The van der Waals surface area contributed by atoms with E-state index in [-0.39, 0.29) is 5.84 Å². The Morgan fingerprint density at radius 3 is 2.95 bits per heavy atom. The summed E-state index contributed by atoms with van der Waals surface area (Å²) in [6, 6.07) is 11.0. The second-order valence-electron chi connectivity index (χ2n) is 4.13. The Morgan fingerprint density at radius 2 is 2.20 bits per heavy atom. The van der Waals surface area contributed by atoms with Crippen molar-refractivity contribution in [2.24, 2.45) is 10.7 Å². The molecule has 6 heteroatoms. The molecule has 2 aromatic heterocycles. The van der Waals surface area contributed by atoms with E-state index in [1.807, 2.05) is 30.3 Å². The summed E-state index contributed by atoms with van der Waals surface area (Å²) in [5, 5.41) is 8.52. The summed E-state index contributed by atoms with van der Waals surface area (Å²) in [7, 11) is 0. The molecule has 0 unspecified atom stereocenters. The molecule has 0 saturated heterocycles. The number of benzene rings is 1. The quantitative estimate of drug-likeness (QED) is 0.417. The summed E-state index contributed by atoms with van der Waals surface area (Å²) in [6.07, 6.45) is 3.39. The summed E-state index contributed by atoms with van der Waals surface area (Å²) in [5.41, 5.74) is 8.76. The van der Waals surface area contributed by atoms with Crippen molar-refractivity contribution in [1.29, 1.82) is 5.26 Å². The smallest absolute Gasteiger partial charge is 0.207 e. The molecular weight excluding hydrogens is 252 g/mol. The third-order valence-corrected chi connectivity index (χ3v) is 2.86. The van der Waals surface area contributed by atoms with E-state index in [1.54, 1.807) is 18.5 Å². The monoisotopic (exact) mass is 262 g/mol. The van der Waals surface area contributed by atoms with Crippen molar-refractivity contribution < 1.29 is 0 Å². The van der Waals surface area contributed by atoms with E-state index in [0.717, 1.165) is 16.7 Å². The van der Waals surface area contributed by atoms with Crippen LogP contribution in [0.15, 0.2) is 47.6 Å². The number of nitriles is 1. The van der Waals surface area contributed by atoms with Crippen LogP contribution in [0.25, 0.3) is 22.6 Å². The number of rotatable bonds is 2. The first-order valence-corrected chi connectivity index (χ1v) is 5.92. The molecule has 0 radical (unpaired) electrons. The first kappa shape index (κ1) is 11.9. The summed E-state index contributed by atoms with van der Waals surface area (Å²) < 4.78 is 0. The van der Waals surface area contributed by atoms with Crippen LogP contribution in [-0.4, -0.2) is 20.8 Å². The van der Waals surface area contributed by atoms with Crippen molar-refractivity contribution in [3.63, 3.8) is 0 Å². The average Bonchev–Trinajstić information content (AvgIpc) is 2.91. The minimum absolute atomic E-state index is 0.184. The molecule has 0 atom stereocenters. The second kappa shape index (κ2) is 4.82. The highest BCUT2D eigenvalue weighted by atomic mass is 14.9. The van der Waals surface area contributed by atoms with Gasteiger partial charge in [-0.15, -0.1) is 0 Å². The zero-order valence-corrected chi connectivity index (χ0v) is 10.4. The zero-order chi connectivity index (χ0) is 13.9. The highest BCUT2D eigenvalue weighted by molar-refractivity contribution is 6.00. The van der Waals surface area contributed by atoms with E-state index in [9.17, 15) is 0 Å². The molecule has 96 valence electrons. The van der Waals surface area contributed by atoms with Gasteiger partial charge in [-0.25, -0.2) is 4.98 Å². The molecule has 0 aliphatic carbocycles. The molecule has 0 amide bonds. The maximum atomic E-state index is 8.52. The number of H-pyrrole nitrogens is 1. The van der Waals surface area contributed by atoms with Crippen LogP contribution in [0.3, 0.4) is 0 Å². The highest BCUT2D eigenvalue weighted by Crippen LogP contribution is 2.19. The molecule has 6 nitrogen and oxygen atoms in total. The Bertz CT molecular complexity index is 826. The lowest BCUT2D eigenvalue weighted by Crippen LogP contribution is -2.12. The van der Waals surface area contributed by atoms with Gasteiger partial charge in [0.2, 0.25) is 6.19 Å². The number of nitrogens with one attached hydrogen (secondary N) is 1. The van der Waals surface area contributed by atoms with Gasteiger partial charge < -0.3 is 10.7 Å². The van der Waals surface area contributed by atoms with Crippen LogP contribution in [-0.2, 0) is 0 Å². The molecule has 0 bridgehead atoms. The molecule has 0 aliphatic heterocycles. The number of hydrogen-bond donors (Lipinski definition) is 2. The number of pyridine rings is 1. The number of fused-ring (bicyclic) bond motifs is 1. The first-order chi connectivity index (χ1) is 9.78. The predicted octanol–water partition coefficient (Wildman–Crippen LogP) is 1.81. The van der Waals surface area contributed by atoms with Crippen molar-refractivity contribution in [3.8, 4) is 17.7 Å². The third-order valence-electron chi connectivity index (χ3n) is 2.86. The number of aliphatic imine (C=N–C) groups is 1. The summed E-state index contributed by atoms with van der Waals surface area (Å²) in [5.74, 6) is 0.872. The maximum absolute atomic E-state index is 8.52. The molecule has 1 aromatic carbocycles. The van der Waals surface area contributed by atoms with Crippen LogP contribution in [0, 0.1) is 11.5 Å². The van der Waals surface area contributed by atoms with E-state index in [4.69, 9.17) is 11.0 Å². The fourth-order valence-electron chi connectivity index (χ4n) is 1.91. The lowest BCUT2D eigenvalue weighted by atomic mass is 10.2. The van der Waals surface area contributed by atoms with Gasteiger partial charge in [0.15, 0.2) is 5.82 Å². The molecule has 0 fully saturated rings. The molecule has 3 N–H and O–H groups in total. The fourth-order valence-corrected chi connectivity index (χ4v) is 1.91. The van der Waals surface area contributed by atoms with E-state index in [2.05, 4.69) is 19.9 Å². The lowest BCUT2D eigenvalue weighted by molar-refractivity contribution is 1.24. The van der Waals surface area contributed by atoms with Gasteiger partial charge in [0.1, 0.15) is 11.5 Å². The number of nitrogens with zero attached hydrogens (tertiary/aromatic N) is 4. The average molecular weight is 262 g/mol. The van der Waals surface area contributed by atoms with Crippen LogP contribution in [0.1, 0.15) is 5.56 Å². The third kappa shape index (κ3) is 2.08. The Balaban J connectivity index is 2.09. The summed E-state index contributed by atoms with van der Waals surface area (Å²) in [6.45, 7) is 0. The van der Waals surface area contributed by atoms with Gasteiger partial charge in [-0.2, -0.15) is 10.3 Å². The largest absolute Gasteiger partial charge is 0.383 e. The Labute approximate surface area is 114 Å². The van der Waals surface area contributed by atoms with Crippen molar-refractivity contribution in [1.82, 2.24) is 15.0 Å². The number of aromatic nitrogens is 3. The molecule has 0 spiro atoms. The summed E-state index contributed by atoms with van der Waals surface area (Å²) >= 11 is 0. The minimum atomic E-state index is 0.184. The molecule has 20 heavy (non-hydrogen) atoms. The van der Waals surface area contributed by atoms with Crippen LogP contribution >= 0.6 is 0 Å². The van der Waals surface area contributed by atoms with Crippen molar-refractivity contribution in [2.75, 3.05) is 0 Å². The van der Waals surface area contributed by atoms with Gasteiger partial charge in [0, 0.05) is 11.8 Å². The van der Waals surface area contributed by atoms with E-state index >= 15 is 0 Å². The number of nitrogens with two attached hydrogens (primary N) is 1.